The molecule has 0 saturated carbocycles. The molecule has 1 N–H and O–H groups in total. The predicted molar refractivity (Wildman–Crippen MR) is 71.0 cm³/mol. The quantitative estimate of drug-likeness (QED) is 0.836. The lowest BCUT2D eigenvalue weighted by molar-refractivity contribution is 0.0185. The van der Waals surface area contributed by atoms with Crippen LogP contribution in [-0.2, 0) is 9.47 Å². The standard InChI is InChI=1S/C13H24N2O4/c1-5-18-11(16)14-10-7-6-8-15(9-10)12(17)19-13(2,3)4/h10H,5-9H2,1-4H3,(H,14,16)/t10-/m1/s1. The molecule has 1 saturated heterocycles. The molecule has 0 spiro atoms. The third-order valence-electron chi connectivity index (χ3n) is 2.67. The average Bonchev–Trinajstić information content (AvgIpc) is 2.27. The van der Waals surface area contributed by atoms with E-state index in [1.54, 1.807) is 11.8 Å². The fourth-order valence-corrected chi connectivity index (χ4v) is 1.93. The summed E-state index contributed by atoms with van der Waals surface area (Å²) in [6.07, 6.45) is 0.926. The van der Waals surface area contributed by atoms with Gasteiger partial charge in [0, 0.05) is 19.1 Å². The molecule has 0 aromatic heterocycles. The Labute approximate surface area is 114 Å². The molecule has 0 bridgehead atoms. The molecule has 0 aliphatic carbocycles. The summed E-state index contributed by atoms with van der Waals surface area (Å²) in [5.74, 6) is 0. The molecule has 1 atom stereocenters. The van der Waals surface area contributed by atoms with Crippen molar-refractivity contribution in [3.63, 3.8) is 0 Å². The van der Waals surface area contributed by atoms with Gasteiger partial charge in [-0.15, -0.1) is 0 Å². The highest BCUT2D eigenvalue weighted by Gasteiger charge is 2.28. The van der Waals surface area contributed by atoms with Gasteiger partial charge in [0.15, 0.2) is 0 Å². The summed E-state index contributed by atoms with van der Waals surface area (Å²) in [6, 6.07) is -0.0691. The Morgan fingerprint density at radius 2 is 2.05 bits per heavy atom. The SMILES string of the molecule is CCOC(=O)N[C@@H]1CCCN(C(=O)OC(C)(C)C)C1. The summed E-state index contributed by atoms with van der Waals surface area (Å²) in [5, 5.41) is 2.76. The topological polar surface area (TPSA) is 67.9 Å². The van der Waals surface area contributed by atoms with Crippen LogP contribution in [0, 0.1) is 0 Å². The number of alkyl carbamates (subject to hydrolysis) is 1. The number of hydrogen-bond acceptors (Lipinski definition) is 4. The molecule has 0 aromatic carbocycles. The highest BCUT2D eigenvalue weighted by molar-refractivity contribution is 5.69. The lowest BCUT2D eigenvalue weighted by Gasteiger charge is -2.34. The average molecular weight is 272 g/mol. The van der Waals surface area contributed by atoms with E-state index in [-0.39, 0.29) is 12.1 Å². The molecule has 0 radical (unpaired) electrons. The van der Waals surface area contributed by atoms with E-state index < -0.39 is 11.7 Å². The molecule has 0 aromatic rings. The van der Waals surface area contributed by atoms with Gasteiger partial charge in [0.1, 0.15) is 5.60 Å². The molecule has 1 heterocycles. The van der Waals surface area contributed by atoms with E-state index in [0.717, 1.165) is 12.8 Å². The van der Waals surface area contributed by atoms with Gasteiger partial charge in [0.25, 0.3) is 0 Å². The van der Waals surface area contributed by atoms with Gasteiger partial charge in [-0.25, -0.2) is 9.59 Å². The van der Waals surface area contributed by atoms with Crippen molar-refractivity contribution in [3.05, 3.63) is 0 Å². The predicted octanol–water partition coefficient (Wildman–Crippen LogP) is 2.13. The van der Waals surface area contributed by atoms with Crippen LogP contribution in [0.2, 0.25) is 0 Å². The minimum absolute atomic E-state index is 0.0691. The van der Waals surface area contributed by atoms with Crippen LogP contribution in [0.25, 0.3) is 0 Å². The largest absolute Gasteiger partial charge is 0.450 e. The second kappa shape index (κ2) is 6.63. The molecular formula is C13H24N2O4. The van der Waals surface area contributed by atoms with Crippen LogP contribution in [0.3, 0.4) is 0 Å². The lowest BCUT2D eigenvalue weighted by atomic mass is 10.1. The maximum Gasteiger partial charge on any atom is 0.410 e. The Morgan fingerprint density at radius 1 is 1.37 bits per heavy atom. The van der Waals surface area contributed by atoms with E-state index in [9.17, 15) is 9.59 Å². The Bertz CT molecular complexity index is 325. The number of amides is 2. The number of hydrogen-bond donors (Lipinski definition) is 1. The number of nitrogens with one attached hydrogen (secondary N) is 1. The molecule has 1 rings (SSSR count). The summed E-state index contributed by atoms with van der Waals surface area (Å²) < 4.78 is 10.2. The highest BCUT2D eigenvalue weighted by Crippen LogP contribution is 2.15. The molecule has 6 nitrogen and oxygen atoms in total. The number of likely N-dealkylation sites (tertiary alicyclic amines) is 1. The number of carbonyl (C=O) groups excluding carboxylic acids is 2. The van der Waals surface area contributed by atoms with E-state index >= 15 is 0 Å². The van der Waals surface area contributed by atoms with Gasteiger partial charge in [-0.3, -0.25) is 0 Å². The van der Waals surface area contributed by atoms with Gasteiger partial charge >= 0.3 is 12.2 Å². The highest BCUT2D eigenvalue weighted by atomic mass is 16.6. The van der Waals surface area contributed by atoms with Crippen molar-refractivity contribution < 1.29 is 19.1 Å². The molecule has 1 aliphatic heterocycles. The number of ether oxygens (including phenoxy) is 2. The monoisotopic (exact) mass is 272 g/mol. The van der Waals surface area contributed by atoms with E-state index in [4.69, 9.17) is 9.47 Å². The molecule has 110 valence electrons. The minimum Gasteiger partial charge on any atom is -0.450 e. The van der Waals surface area contributed by atoms with Crippen LogP contribution >= 0.6 is 0 Å². The molecule has 0 unspecified atom stereocenters. The van der Waals surface area contributed by atoms with Crippen molar-refractivity contribution in [1.82, 2.24) is 10.2 Å². The van der Waals surface area contributed by atoms with Crippen LogP contribution in [0.15, 0.2) is 0 Å². The van der Waals surface area contributed by atoms with Crippen molar-refractivity contribution >= 4 is 12.2 Å². The minimum atomic E-state index is -0.501. The van der Waals surface area contributed by atoms with Gasteiger partial charge in [-0.2, -0.15) is 0 Å². The second-order valence-electron chi connectivity index (χ2n) is 5.63. The Morgan fingerprint density at radius 3 is 2.63 bits per heavy atom. The summed E-state index contributed by atoms with van der Waals surface area (Å²) in [7, 11) is 0. The number of nitrogens with zero attached hydrogens (tertiary/aromatic N) is 1. The lowest BCUT2D eigenvalue weighted by Crippen LogP contribution is -2.50. The third kappa shape index (κ3) is 5.81. The van der Waals surface area contributed by atoms with Gasteiger partial charge in [-0.05, 0) is 40.5 Å². The fraction of sp³-hybridized carbons (Fsp3) is 0.846. The Hall–Kier alpha value is -1.46. The van der Waals surface area contributed by atoms with Crippen LogP contribution in [0.5, 0.6) is 0 Å². The van der Waals surface area contributed by atoms with Crippen molar-refractivity contribution in [2.24, 2.45) is 0 Å². The first-order valence-corrected chi connectivity index (χ1v) is 6.73. The smallest absolute Gasteiger partial charge is 0.410 e. The molecule has 1 aliphatic rings. The maximum absolute atomic E-state index is 11.9. The molecule has 6 heteroatoms. The molecule has 2 amide bonds. The van der Waals surface area contributed by atoms with E-state index in [1.165, 1.54) is 0 Å². The summed E-state index contributed by atoms with van der Waals surface area (Å²) >= 11 is 0. The third-order valence-corrected chi connectivity index (χ3v) is 2.67. The van der Waals surface area contributed by atoms with Gasteiger partial charge in [0.05, 0.1) is 6.61 Å². The molecule has 1 fully saturated rings. The van der Waals surface area contributed by atoms with E-state index in [2.05, 4.69) is 5.32 Å². The first-order chi connectivity index (χ1) is 8.81. The van der Waals surface area contributed by atoms with Crippen LogP contribution in [-0.4, -0.2) is 48.4 Å². The summed E-state index contributed by atoms with van der Waals surface area (Å²) in [5.41, 5.74) is -0.501. The summed E-state index contributed by atoms with van der Waals surface area (Å²) in [4.78, 5) is 24.9. The zero-order valence-electron chi connectivity index (χ0n) is 12.2. The Balaban J connectivity index is 2.45. The zero-order chi connectivity index (χ0) is 14.5. The number of rotatable bonds is 2. The summed E-state index contributed by atoms with van der Waals surface area (Å²) in [6.45, 7) is 8.74. The number of carbonyl (C=O) groups is 2. The van der Waals surface area contributed by atoms with Crippen LogP contribution in [0.1, 0.15) is 40.5 Å². The van der Waals surface area contributed by atoms with Crippen molar-refractivity contribution in [1.29, 1.82) is 0 Å². The van der Waals surface area contributed by atoms with Gasteiger partial charge in [0.2, 0.25) is 0 Å². The van der Waals surface area contributed by atoms with E-state index in [1.807, 2.05) is 20.8 Å². The first kappa shape index (κ1) is 15.6. The van der Waals surface area contributed by atoms with Crippen molar-refractivity contribution in [2.45, 2.75) is 52.2 Å². The van der Waals surface area contributed by atoms with Gasteiger partial charge in [-0.1, -0.05) is 0 Å². The fourth-order valence-electron chi connectivity index (χ4n) is 1.93. The van der Waals surface area contributed by atoms with Crippen LogP contribution in [0.4, 0.5) is 9.59 Å². The number of piperidine rings is 1. The molecular weight excluding hydrogens is 248 g/mol. The Kier molecular flexibility index (Phi) is 5.44. The van der Waals surface area contributed by atoms with Crippen molar-refractivity contribution in [2.75, 3.05) is 19.7 Å². The van der Waals surface area contributed by atoms with E-state index in [0.29, 0.717) is 19.7 Å². The van der Waals surface area contributed by atoms with Crippen molar-refractivity contribution in [3.8, 4) is 0 Å². The van der Waals surface area contributed by atoms with Crippen LogP contribution < -0.4 is 5.32 Å². The maximum atomic E-state index is 11.9. The van der Waals surface area contributed by atoms with Gasteiger partial charge < -0.3 is 19.7 Å². The molecule has 19 heavy (non-hydrogen) atoms. The zero-order valence-corrected chi connectivity index (χ0v) is 12.2. The normalized spacial score (nSPS) is 19.8. The second-order valence-corrected chi connectivity index (χ2v) is 5.63. The first-order valence-electron chi connectivity index (χ1n) is 6.73.